The standard InChI is InChI=1S/C23H31NO2/c1-24(2)16-8-4-7-11-22(25)23(26,20-9-5-3-6-10-20)21-17-18-12-14-19(21)15-13-18/h3,5-6,9-10,18-19,21,26H,7,11-17H2,1-2H3. The van der Waals surface area contributed by atoms with Crippen LogP contribution >= 0.6 is 0 Å². The fourth-order valence-electron chi connectivity index (χ4n) is 4.83. The number of carbonyl (C=O) groups is 1. The SMILES string of the molecule is CN(C)CC#CCCC(=O)C(O)(c1ccccc1)C1CC2CCC1CC2. The van der Waals surface area contributed by atoms with E-state index >= 15 is 0 Å². The molecule has 2 unspecified atom stereocenters. The van der Waals surface area contributed by atoms with E-state index in [1.807, 2.05) is 49.3 Å². The quantitative estimate of drug-likeness (QED) is 0.794. The minimum absolute atomic E-state index is 0.0552. The zero-order valence-corrected chi connectivity index (χ0v) is 16.1. The number of ketones is 1. The third-order valence-electron chi connectivity index (χ3n) is 6.22. The maximum absolute atomic E-state index is 13.2. The Labute approximate surface area is 157 Å². The molecule has 2 atom stereocenters. The summed E-state index contributed by atoms with van der Waals surface area (Å²) in [5.74, 6) is 7.31. The summed E-state index contributed by atoms with van der Waals surface area (Å²) in [4.78, 5) is 15.2. The second-order valence-electron chi connectivity index (χ2n) is 8.27. The van der Waals surface area contributed by atoms with Crippen molar-refractivity contribution < 1.29 is 9.90 Å². The van der Waals surface area contributed by atoms with Crippen molar-refractivity contribution >= 4 is 5.78 Å². The van der Waals surface area contributed by atoms with E-state index in [0.29, 0.717) is 31.2 Å². The lowest BCUT2D eigenvalue weighted by Crippen LogP contribution is -2.50. The number of carbonyl (C=O) groups excluding carboxylic acids is 1. The van der Waals surface area contributed by atoms with Crippen LogP contribution in [0.25, 0.3) is 0 Å². The van der Waals surface area contributed by atoms with Gasteiger partial charge in [-0.05, 0) is 50.8 Å². The zero-order valence-electron chi connectivity index (χ0n) is 16.1. The van der Waals surface area contributed by atoms with Crippen LogP contribution in [-0.4, -0.2) is 36.4 Å². The molecule has 0 radical (unpaired) electrons. The van der Waals surface area contributed by atoms with Gasteiger partial charge in [-0.15, -0.1) is 5.92 Å². The van der Waals surface area contributed by atoms with Crippen molar-refractivity contribution in [3.05, 3.63) is 35.9 Å². The molecule has 0 aromatic heterocycles. The van der Waals surface area contributed by atoms with Crippen LogP contribution in [-0.2, 0) is 10.4 Å². The number of nitrogens with zero attached hydrogens (tertiary/aromatic N) is 1. The Balaban J connectivity index is 1.79. The Morgan fingerprint density at radius 1 is 1.15 bits per heavy atom. The molecule has 4 rings (SSSR count). The van der Waals surface area contributed by atoms with Gasteiger partial charge in [0.15, 0.2) is 11.4 Å². The molecular formula is C23H31NO2. The Hall–Kier alpha value is -1.63. The summed E-state index contributed by atoms with van der Waals surface area (Å²) in [6, 6.07) is 9.61. The van der Waals surface area contributed by atoms with Gasteiger partial charge in [-0.2, -0.15) is 0 Å². The van der Waals surface area contributed by atoms with E-state index in [9.17, 15) is 9.90 Å². The van der Waals surface area contributed by atoms with Crippen molar-refractivity contribution in [3.8, 4) is 11.8 Å². The topological polar surface area (TPSA) is 40.5 Å². The molecule has 26 heavy (non-hydrogen) atoms. The van der Waals surface area contributed by atoms with E-state index in [4.69, 9.17) is 0 Å². The van der Waals surface area contributed by atoms with Gasteiger partial charge in [0, 0.05) is 18.8 Å². The molecule has 3 aliphatic rings. The van der Waals surface area contributed by atoms with Gasteiger partial charge in [-0.3, -0.25) is 9.69 Å². The van der Waals surface area contributed by atoms with Crippen molar-refractivity contribution in [2.45, 2.75) is 50.5 Å². The summed E-state index contributed by atoms with van der Waals surface area (Å²) in [6.45, 7) is 0.698. The lowest BCUT2D eigenvalue weighted by molar-refractivity contribution is -0.154. The average molecular weight is 354 g/mol. The monoisotopic (exact) mass is 353 g/mol. The smallest absolute Gasteiger partial charge is 0.170 e. The van der Waals surface area contributed by atoms with Crippen molar-refractivity contribution in [1.82, 2.24) is 4.90 Å². The predicted octanol–water partition coefficient (Wildman–Crippen LogP) is 3.61. The van der Waals surface area contributed by atoms with Crippen LogP contribution < -0.4 is 0 Å². The Kier molecular flexibility index (Phi) is 6.16. The number of Topliss-reactive ketones (excluding diaryl/α,β-unsaturated/α-hetero) is 1. The van der Waals surface area contributed by atoms with Crippen LogP contribution in [0.15, 0.2) is 30.3 Å². The van der Waals surface area contributed by atoms with E-state index in [0.717, 1.165) is 24.8 Å². The molecule has 0 spiro atoms. The molecule has 3 aliphatic carbocycles. The number of fused-ring (bicyclic) bond motifs is 3. The maximum atomic E-state index is 13.2. The number of hydrogen-bond acceptors (Lipinski definition) is 3. The first-order valence-corrected chi connectivity index (χ1v) is 9.93. The summed E-state index contributed by atoms with van der Waals surface area (Å²) < 4.78 is 0. The summed E-state index contributed by atoms with van der Waals surface area (Å²) >= 11 is 0. The molecule has 2 bridgehead atoms. The van der Waals surface area contributed by atoms with Gasteiger partial charge in [-0.1, -0.05) is 49.1 Å². The van der Waals surface area contributed by atoms with Gasteiger partial charge in [0.1, 0.15) is 0 Å². The van der Waals surface area contributed by atoms with Crippen molar-refractivity contribution in [1.29, 1.82) is 0 Å². The zero-order chi connectivity index (χ0) is 18.6. The van der Waals surface area contributed by atoms with Gasteiger partial charge >= 0.3 is 0 Å². The molecule has 0 heterocycles. The Morgan fingerprint density at radius 2 is 1.85 bits per heavy atom. The van der Waals surface area contributed by atoms with Gasteiger partial charge in [-0.25, -0.2) is 0 Å². The largest absolute Gasteiger partial charge is 0.377 e. The van der Waals surface area contributed by atoms with Crippen molar-refractivity contribution in [2.24, 2.45) is 17.8 Å². The van der Waals surface area contributed by atoms with E-state index in [-0.39, 0.29) is 11.7 Å². The molecule has 0 amide bonds. The maximum Gasteiger partial charge on any atom is 0.170 e. The first-order valence-electron chi connectivity index (χ1n) is 9.93. The highest BCUT2D eigenvalue weighted by Gasteiger charge is 2.51. The summed E-state index contributed by atoms with van der Waals surface area (Å²) in [5.41, 5.74) is -0.586. The third kappa shape index (κ3) is 4.03. The number of hydrogen-bond donors (Lipinski definition) is 1. The van der Waals surface area contributed by atoms with Gasteiger partial charge in [0.05, 0.1) is 6.54 Å². The highest BCUT2D eigenvalue weighted by Crippen LogP contribution is 2.52. The van der Waals surface area contributed by atoms with Gasteiger partial charge < -0.3 is 5.11 Å². The lowest BCUT2D eigenvalue weighted by atomic mass is 9.57. The minimum atomic E-state index is -1.35. The van der Waals surface area contributed by atoms with E-state index in [2.05, 4.69) is 11.8 Å². The molecule has 3 saturated carbocycles. The third-order valence-corrected chi connectivity index (χ3v) is 6.22. The number of aliphatic hydroxyl groups is 1. The first-order chi connectivity index (χ1) is 12.5. The molecule has 0 aliphatic heterocycles. The Bertz CT molecular complexity index is 664. The van der Waals surface area contributed by atoms with Crippen LogP contribution in [0, 0.1) is 29.6 Å². The van der Waals surface area contributed by atoms with Crippen LogP contribution in [0.5, 0.6) is 0 Å². The minimum Gasteiger partial charge on any atom is -0.377 e. The van der Waals surface area contributed by atoms with Crippen LogP contribution in [0.1, 0.15) is 50.5 Å². The van der Waals surface area contributed by atoms with Gasteiger partial charge in [0.25, 0.3) is 0 Å². The number of rotatable bonds is 6. The summed E-state index contributed by atoms with van der Waals surface area (Å²) in [5, 5.41) is 11.7. The fraction of sp³-hybridized carbons (Fsp3) is 0.609. The molecule has 1 aromatic rings. The molecule has 3 heteroatoms. The number of benzene rings is 1. The molecular weight excluding hydrogens is 322 g/mol. The van der Waals surface area contributed by atoms with E-state index < -0.39 is 5.60 Å². The molecule has 3 fully saturated rings. The molecule has 0 saturated heterocycles. The lowest BCUT2D eigenvalue weighted by Gasteiger charge is -2.49. The van der Waals surface area contributed by atoms with Crippen molar-refractivity contribution in [2.75, 3.05) is 20.6 Å². The second kappa shape index (κ2) is 8.37. The normalized spacial score (nSPS) is 26.8. The summed E-state index contributed by atoms with van der Waals surface area (Å²) in [7, 11) is 3.96. The van der Waals surface area contributed by atoms with Crippen LogP contribution in [0.2, 0.25) is 0 Å². The Morgan fingerprint density at radius 3 is 2.42 bits per heavy atom. The second-order valence-corrected chi connectivity index (χ2v) is 8.27. The predicted molar refractivity (Wildman–Crippen MR) is 104 cm³/mol. The van der Waals surface area contributed by atoms with E-state index in [1.165, 1.54) is 12.8 Å². The molecule has 140 valence electrons. The van der Waals surface area contributed by atoms with Crippen LogP contribution in [0.4, 0.5) is 0 Å². The molecule has 3 nitrogen and oxygen atoms in total. The summed E-state index contributed by atoms with van der Waals surface area (Å²) in [6.07, 6.45) is 6.64. The highest BCUT2D eigenvalue weighted by molar-refractivity contribution is 5.89. The van der Waals surface area contributed by atoms with Crippen molar-refractivity contribution in [3.63, 3.8) is 0 Å². The van der Waals surface area contributed by atoms with E-state index in [1.54, 1.807) is 0 Å². The molecule has 1 aromatic carbocycles. The fourth-order valence-corrected chi connectivity index (χ4v) is 4.83. The average Bonchev–Trinajstić information content (AvgIpc) is 2.68. The van der Waals surface area contributed by atoms with Gasteiger partial charge in [0.2, 0.25) is 0 Å². The molecule has 1 N–H and O–H groups in total. The van der Waals surface area contributed by atoms with Crippen LogP contribution in [0.3, 0.4) is 0 Å². The first kappa shape index (κ1) is 19.1. The highest BCUT2D eigenvalue weighted by atomic mass is 16.3.